The van der Waals surface area contributed by atoms with Crippen LogP contribution in [0.1, 0.15) is 23.2 Å². The topological polar surface area (TPSA) is 78.0 Å². The Morgan fingerprint density at radius 2 is 2.15 bits per heavy atom. The summed E-state index contributed by atoms with van der Waals surface area (Å²) >= 11 is 0. The molecule has 0 spiro atoms. The van der Waals surface area contributed by atoms with E-state index >= 15 is 0 Å². The molecule has 0 bridgehead atoms. The van der Waals surface area contributed by atoms with Crippen molar-refractivity contribution in [2.75, 3.05) is 19.7 Å². The number of rotatable bonds is 3. The van der Waals surface area contributed by atoms with Crippen LogP contribution in [0.5, 0.6) is 0 Å². The molecular weight excluding hydrogens is 363 g/mol. The maximum absolute atomic E-state index is 13.0. The number of alkyl halides is 3. The second-order valence-electron chi connectivity index (χ2n) is 6.12. The van der Waals surface area contributed by atoms with Gasteiger partial charge < -0.3 is 14.6 Å². The fourth-order valence-corrected chi connectivity index (χ4v) is 2.90. The Labute approximate surface area is 152 Å². The summed E-state index contributed by atoms with van der Waals surface area (Å²) in [6, 6.07) is 4.97. The van der Waals surface area contributed by atoms with Crippen molar-refractivity contribution in [2.45, 2.75) is 19.2 Å². The highest BCUT2D eigenvalue weighted by Crippen LogP contribution is 2.31. The third-order valence-corrected chi connectivity index (χ3v) is 4.32. The Kier molecular flexibility index (Phi) is 4.44. The Morgan fingerprint density at radius 1 is 1.30 bits per heavy atom. The molecule has 1 saturated heterocycles. The quantitative estimate of drug-likeness (QED) is 0.754. The van der Waals surface area contributed by atoms with Gasteiger partial charge in [0.25, 0.3) is 5.89 Å². The van der Waals surface area contributed by atoms with Crippen molar-refractivity contribution in [3.63, 3.8) is 0 Å². The lowest BCUT2D eigenvalue weighted by Gasteiger charge is -2.20. The van der Waals surface area contributed by atoms with Crippen LogP contribution in [0, 0.1) is 6.92 Å². The highest BCUT2D eigenvalue weighted by atomic mass is 19.4. The van der Waals surface area contributed by atoms with Gasteiger partial charge in [-0.05, 0) is 25.1 Å². The molecule has 2 aromatic heterocycles. The Morgan fingerprint density at radius 3 is 2.89 bits per heavy atom. The lowest BCUT2D eigenvalue weighted by molar-refractivity contribution is -0.137. The van der Waals surface area contributed by atoms with E-state index in [2.05, 4.69) is 20.6 Å². The van der Waals surface area contributed by atoms with Gasteiger partial charge in [-0.3, -0.25) is 0 Å². The summed E-state index contributed by atoms with van der Waals surface area (Å²) < 4.78 is 51.2. The molecule has 10 heteroatoms. The molecule has 7 nitrogen and oxygen atoms in total. The fraction of sp³-hybridized carbons (Fsp3) is 0.353. The van der Waals surface area contributed by atoms with Gasteiger partial charge >= 0.3 is 6.18 Å². The Bertz CT molecular complexity index is 944. The minimum Gasteiger partial charge on any atom is -0.367 e. The van der Waals surface area contributed by atoms with Crippen LogP contribution in [0.15, 0.2) is 35.0 Å². The van der Waals surface area contributed by atoms with Gasteiger partial charge in [0.15, 0.2) is 0 Å². The summed E-state index contributed by atoms with van der Waals surface area (Å²) in [5.41, 5.74) is 0.703. The molecule has 4 rings (SSSR count). The number of aromatic nitrogens is 4. The van der Waals surface area contributed by atoms with Gasteiger partial charge in [0.05, 0.1) is 35.3 Å². The van der Waals surface area contributed by atoms with Crippen molar-refractivity contribution >= 4 is 0 Å². The third-order valence-electron chi connectivity index (χ3n) is 4.32. The van der Waals surface area contributed by atoms with Crippen LogP contribution in [0.3, 0.4) is 0 Å². The fourth-order valence-electron chi connectivity index (χ4n) is 2.90. The monoisotopic (exact) mass is 379 g/mol. The molecule has 1 atom stereocenters. The average molecular weight is 379 g/mol. The minimum atomic E-state index is -4.42. The number of nitrogens with one attached hydrogen (secondary N) is 1. The zero-order valence-corrected chi connectivity index (χ0v) is 14.3. The maximum atomic E-state index is 13.0. The van der Waals surface area contributed by atoms with Crippen LogP contribution in [-0.2, 0) is 10.9 Å². The lowest BCUT2D eigenvalue weighted by atomic mass is 10.2. The number of morpholine rings is 1. The lowest BCUT2D eigenvalue weighted by Crippen LogP contribution is -2.33. The molecule has 1 unspecified atom stereocenters. The van der Waals surface area contributed by atoms with Gasteiger partial charge in [0, 0.05) is 13.1 Å². The van der Waals surface area contributed by atoms with E-state index in [0.717, 1.165) is 18.7 Å². The molecule has 27 heavy (non-hydrogen) atoms. The number of halogens is 3. The molecule has 1 aliphatic rings. The van der Waals surface area contributed by atoms with Crippen LogP contribution in [0.4, 0.5) is 13.2 Å². The van der Waals surface area contributed by atoms with E-state index in [1.165, 1.54) is 16.9 Å². The number of hydrogen-bond donors (Lipinski definition) is 1. The molecule has 0 radical (unpaired) electrons. The second kappa shape index (κ2) is 6.78. The maximum Gasteiger partial charge on any atom is 0.416 e. The van der Waals surface area contributed by atoms with Crippen LogP contribution in [-0.4, -0.2) is 39.6 Å². The largest absolute Gasteiger partial charge is 0.416 e. The molecule has 142 valence electrons. The summed E-state index contributed by atoms with van der Waals surface area (Å²) in [6.45, 7) is 3.64. The van der Waals surface area contributed by atoms with Crippen molar-refractivity contribution in [1.82, 2.24) is 25.2 Å². The highest BCUT2D eigenvalue weighted by molar-refractivity contribution is 5.57. The van der Waals surface area contributed by atoms with Crippen LogP contribution in [0.2, 0.25) is 0 Å². The highest BCUT2D eigenvalue weighted by Gasteiger charge is 2.31. The molecule has 3 aromatic rings. The summed E-state index contributed by atoms with van der Waals surface area (Å²) in [5.74, 6) is 0.665. The summed E-state index contributed by atoms with van der Waals surface area (Å²) in [7, 11) is 0. The van der Waals surface area contributed by atoms with Crippen LogP contribution in [0.25, 0.3) is 17.1 Å². The summed E-state index contributed by atoms with van der Waals surface area (Å²) in [6.07, 6.45) is -3.22. The summed E-state index contributed by atoms with van der Waals surface area (Å²) in [4.78, 5) is 4.35. The van der Waals surface area contributed by atoms with Gasteiger partial charge in [-0.15, -0.1) is 0 Å². The second-order valence-corrected chi connectivity index (χ2v) is 6.12. The number of hydrogen-bond acceptors (Lipinski definition) is 6. The van der Waals surface area contributed by atoms with Crippen molar-refractivity contribution in [2.24, 2.45) is 0 Å². The molecule has 1 fully saturated rings. The minimum absolute atomic E-state index is 0.245. The zero-order valence-electron chi connectivity index (χ0n) is 14.3. The predicted octanol–water partition coefficient (Wildman–Crippen LogP) is 2.91. The van der Waals surface area contributed by atoms with Crippen molar-refractivity contribution < 1.29 is 22.4 Å². The average Bonchev–Trinajstić information content (AvgIpc) is 3.28. The molecule has 0 saturated carbocycles. The van der Waals surface area contributed by atoms with Gasteiger partial charge in [-0.25, -0.2) is 4.68 Å². The van der Waals surface area contributed by atoms with Gasteiger partial charge in [-0.2, -0.15) is 23.3 Å². The first-order valence-corrected chi connectivity index (χ1v) is 8.32. The smallest absolute Gasteiger partial charge is 0.367 e. The van der Waals surface area contributed by atoms with Crippen molar-refractivity contribution in [3.05, 3.63) is 47.5 Å². The number of ether oxygens (including phenoxy) is 1. The van der Waals surface area contributed by atoms with E-state index in [1.807, 2.05) is 0 Å². The van der Waals surface area contributed by atoms with E-state index in [1.54, 1.807) is 13.0 Å². The van der Waals surface area contributed by atoms with E-state index in [-0.39, 0.29) is 12.0 Å². The zero-order chi connectivity index (χ0) is 19.0. The third kappa shape index (κ3) is 3.45. The van der Waals surface area contributed by atoms with Gasteiger partial charge in [0.2, 0.25) is 5.82 Å². The van der Waals surface area contributed by atoms with Crippen LogP contribution >= 0.6 is 0 Å². The molecular formula is C17H16F3N5O2. The normalized spacial score (nSPS) is 18.0. The first-order valence-electron chi connectivity index (χ1n) is 8.32. The first kappa shape index (κ1) is 17.7. The molecule has 1 N–H and O–H groups in total. The predicted molar refractivity (Wildman–Crippen MR) is 88.2 cm³/mol. The number of benzene rings is 1. The molecule has 0 aliphatic carbocycles. The van der Waals surface area contributed by atoms with E-state index in [4.69, 9.17) is 9.26 Å². The number of nitrogens with zero attached hydrogens (tertiary/aromatic N) is 4. The van der Waals surface area contributed by atoms with Gasteiger partial charge in [0.1, 0.15) is 6.10 Å². The van der Waals surface area contributed by atoms with Gasteiger partial charge in [-0.1, -0.05) is 11.2 Å². The standard InChI is InChI=1S/C17H16F3N5O2/c1-10-13(16-23-15(24-27-16)14-9-21-5-6-26-14)8-22-25(10)12-4-2-3-11(7-12)17(18,19)20/h2-4,7-8,14,21H,5-6,9H2,1H3. The molecule has 3 heterocycles. The summed E-state index contributed by atoms with van der Waals surface area (Å²) in [5, 5.41) is 11.3. The molecule has 0 amide bonds. The first-order chi connectivity index (χ1) is 12.9. The molecule has 1 aliphatic heterocycles. The SMILES string of the molecule is Cc1c(-c2nc(C3CNCCO3)no2)cnn1-c1cccc(C(F)(F)F)c1. The van der Waals surface area contributed by atoms with E-state index in [9.17, 15) is 13.2 Å². The Balaban J connectivity index is 1.64. The molecule has 1 aromatic carbocycles. The van der Waals surface area contributed by atoms with Crippen LogP contribution < -0.4 is 5.32 Å². The van der Waals surface area contributed by atoms with Crippen molar-refractivity contribution in [1.29, 1.82) is 0 Å². The van der Waals surface area contributed by atoms with E-state index in [0.29, 0.717) is 35.9 Å². The van der Waals surface area contributed by atoms with E-state index < -0.39 is 11.7 Å². The Hall–Kier alpha value is -2.72. The van der Waals surface area contributed by atoms with Crippen molar-refractivity contribution in [3.8, 4) is 17.1 Å².